The zero-order chi connectivity index (χ0) is 14.4. The molecule has 0 saturated heterocycles. The molecule has 0 amide bonds. The van der Waals surface area contributed by atoms with Gasteiger partial charge in [-0.25, -0.2) is 0 Å². The Kier molecular flexibility index (Phi) is 3.39. The van der Waals surface area contributed by atoms with Crippen molar-refractivity contribution >= 4 is 17.6 Å². The van der Waals surface area contributed by atoms with Crippen LogP contribution in [0.1, 0.15) is 36.0 Å². The lowest BCUT2D eigenvalue weighted by atomic mass is 9.86. The smallest absolute Gasteiger partial charge is 0.304 e. The van der Waals surface area contributed by atoms with E-state index in [4.69, 9.17) is 21.4 Å². The highest BCUT2D eigenvalue weighted by molar-refractivity contribution is 6.32. The fraction of sp³-hybridized carbons (Fsp3) is 0.500. The Balaban J connectivity index is 2.64. The van der Waals surface area contributed by atoms with Gasteiger partial charge in [0, 0.05) is 16.5 Å². The number of ether oxygens (including phenoxy) is 1. The normalized spacial score (nSPS) is 16.2. The Bertz CT molecular complexity index is 547. The van der Waals surface area contributed by atoms with Crippen molar-refractivity contribution in [1.82, 2.24) is 0 Å². The zero-order valence-corrected chi connectivity index (χ0v) is 12.0. The summed E-state index contributed by atoms with van der Waals surface area (Å²) in [4.78, 5) is 11.0. The van der Waals surface area contributed by atoms with E-state index in [9.17, 15) is 9.90 Å². The number of phenols is 1. The number of halogens is 1. The lowest BCUT2D eigenvalue weighted by molar-refractivity contribution is -0.137. The molecule has 1 aromatic rings. The standard InChI is InChI=1S/C14H17ClO4/c1-7-10(14(4-5-14)6-9(16)17)12(18)13(19-3)8(2)11(7)15/h18H,4-6H2,1-3H3,(H,16,17). The third-order valence-electron chi connectivity index (χ3n) is 3.90. The molecule has 0 spiro atoms. The van der Waals surface area contributed by atoms with Gasteiger partial charge in [0.15, 0.2) is 11.5 Å². The van der Waals surface area contributed by atoms with Gasteiger partial charge in [0.25, 0.3) is 0 Å². The Morgan fingerprint density at radius 2 is 1.95 bits per heavy atom. The Morgan fingerprint density at radius 1 is 1.37 bits per heavy atom. The average Bonchev–Trinajstić information content (AvgIpc) is 3.06. The summed E-state index contributed by atoms with van der Waals surface area (Å²) in [6, 6.07) is 0. The van der Waals surface area contributed by atoms with Crippen LogP contribution < -0.4 is 4.74 Å². The number of hydrogen-bond acceptors (Lipinski definition) is 3. The van der Waals surface area contributed by atoms with Crippen molar-refractivity contribution < 1.29 is 19.7 Å². The Labute approximate surface area is 117 Å². The van der Waals surface area contributed by atoms with Gasteiger partial charge in [0.05, 0.1) is 18.6 Å². The minimum Gasteiger partial charge on any atom is -0.504 e. The predicted octanol–water partition coefficient (Wildman–Crippen LogP) is 3.18. The van der Waals surface area contributed by atoms with Gasteiger partial charge in [-0.15, -0.1) is 0 Å². The molecule has 0 aliphatic heterocycles. The van der Waals surface area contributed by atoms with Crippen LogP contribution in [0.3, 0.4) is 0 Å². The molecule has 19 heavy (non-hydrogen) atoms. The molecule has 1 fully saturated rings. The second-order valence-corrected chi connectivity index (χ2v) is 5.55. The largest absolute Gasteiger partial charge is 0.504 e. The van der Waals surface area contributed by atoms with Gasteiger partial charge in [-0.1, -0.05) is 11.6 Å². The molecule has 4 nitrogen and oxygen atoms in total. The highest BCUT2D eigenvalue weighted by atomic mass is 35.5. The molecule has 1 aliphatic rings. The average molecular weight is 285 g/mol. The minimum atomic E-state index is -0.869. The molecular formula is C14H17ClO4. The number of aliphatic carboxylic acids is 1. The van der Waals surface area contributed by atoms with Crippen LogP contribution in [0.15, 0.2) is 0 Å². The lowest BCUT2D eigenvalue weighted by Crippen LogP contribution is -2.15. The molecule has 0 atom stereocenters. The summed E-state index contributed by atoms with van der Waals surface area (Å²) in [5.74, 6) is -0.505. The Hall–Kier alpha value is -1.42. The van der Waals surface area contributed by atoms with Crippen LogP contribution in [0.4, 0.5) is 0 Å². The number of carboxylic acids is 1. The molecule has 5 heteroatoms. The van der Waals surface area contributed by atoms with E-state index >= 15 is 0 Å². The monoisotopic (exact) mass is 284 g/mol. The first-order valence-corrected chi connectivity index (χ1v) is 6.49. The van der Waals surface area contributed by atoms with Crippen molar-refractivity contribution in [2.24, 2.45) is 0 Å². The van der Waals surface area contributed by atoms with Crippen LogP contribution in [0.25, 0.3) is 0 Å². The summed E-state index contributed by atoms with van der Waals surface area (Å²) in [6.45, 7) is 3.58. The first-order valence-electron chi connectivity index (χ1n) is 6.12. The van der Waals surface area contributed by atoms with Gasteiger partial charge in [0.2, 0.25) is 0 Å². The number of hydrogen-bond donors (Lipinski definition) is 2. The van der Waals surface area contributed by atoms with Crippen LogP contribution in [0.2, 0.25) is 5.02 Å². The summed E-state index contributed by atoms with van der Waals surface area (Å²) in [7, 11) is 1.47. The molecular weight excluding hydrogens is 268 g/mol. The van der Waals surface area contributed by atoms with Crippen molar-refractivity contribution in [3.05, 3.63) is 21.7 Å². The molecule has 0 bridgehead atoms. The summed E-state index contributed by atoms with van der Waals surface area (Å²) in [5, 5.41) is 20.0. The topological polar surface area (TPSA) is 66.8 Å². The van der Waals surface area contributed by atoms with E-state index in [0.717, 1.165) is 18.4 Å². The lowest BCUT2D eigenvalue weighted by Gasteiger charge is -2.22. The second-order valence-electron chi connectivity index (χ2n) is 5.17. The first-order chi connectivity index (χ1) is 8.84. The quantitative estimate of drug-likeness (QED) is 0.891. The Morgan fingerprint density at radius 3 is 2.37 bits per heavy atom. The molecule has 0 aromatic heterocycles. The summed E-state index contributed by atoms with van der Waals surface area (Å²) < 4.78 is 5.20. The highest BCUT2D eigenvalue weighted by Crippen LogP contribution is 2.58. The number of aromatic hydroxyl groups is 1. The molecule has 0 radical (unpaired) electrons. The van der Waals surface area contributed by atoms with Crippen molar-refractivity contribution in [3.63, 3.8) is 0 Å². The molecule has 2 N–H and O–H groups in total. The second kappa shape index (κ2) is 4.60. The van der Waals surface area contributed by atoms with Gasteiger partial charge < -0.3 is 14.9 Å². The molecule has 104 valence electrons. The van der Waals surface area contributed by atoms with Crippen molar-refractivity contribution in [3.8, 4) is 11.5 Å². The minimum absolute atomic E-state index is 0.00391. The van der Waals surface area contributed by atoms with E-state index in [0.29, 0.717) is 21.9 Å². The third kappa shape index (κ3) is 2.14. The maximum absolute atomic E-state index is 11.0. The SMILES string of the molecule is COc1c(C)c(Cl)c(C)c(C2(CC(=O)O)CC2)c1O. The van der Waals surface area contributed by atoms with E-state index < -0.39 is 11.4 Å². The summed E-state index contributed by atoms with van der Waals surface area (Å²) in [5.41, 5.74) is 1.55. The van der Waals surface area contributed by atoms with Crippen molar-refractivity contribution in [2.45, 2.75) is 38.5 Å². The maximum atomic E-state index is 11.0. The molecule has 2 rings (SSSR count). The van der Waals surface area contributed by atoms with Gasteiger partial charge >= 0.3 is 5.97 Å². The predicted molar refractivity (Wildman–Crippen MR) is 72.3 cm³/mol. The fourth-order valence-electron chi connectivity index (χ4n) is 2.81. The number of carboxylic acid groups (broad SMARTS) is 1. The molecule has 0 heterocycles. The summed E-state index contributed by atoms with van der Waals surface area (Å²) >= 11 is 6.27. The van der Waals surface area contributed by atoms with Crippen LogP contribution in [0, 0.1) is 13.8 Å². The van der Waals surface area contributed by atoms with E-state index in [1.165, 1.54) is 7.11 Å². The number of rotatable bonds is 4. The van der Waals surface area contributed by atoms with Crippen LogP contribution in [-0.2, 0) is 10.2 Å². The first kappa shape index (κ1) is 14.0. The van der Waals surface area contributed by atoms with Crippen LogP contribution in [-0.4, -0.2) is 23.3 Å². The van der Waals surface area contributed by atoms with E-state index in [1.54, 1.807) is 6.92 Å². The van der Waals surface area contributed by atoms with Gasteiger partial charge in [-0.05, 0) is 32.3 Å². The van der Waals surface area contributed by atoms with Gasteiger partial charge in [-0.2, -0.15) is 0 Å². The summed E-state index contributed by atoms with van der Waals surface area (Å²) in [6.07, 6.45) is 1.50. The van der Waals surface area contributed by atoms with Crippen LogP contribution in [0.5, 0.6) is 11.5 Å². The highest BCUT2D eigenvalue weighted by Gasteiger charge is 2.49. The molecule has 1 aromatic carbocycles. The van der Waals surface area contributed by atoms with E-state index in [-0.39, 0.29) is 12.2 Å². The number of benzene rings is 1. The van der Waals surface area contributed by atoms with E-state index in [2.05, 4.69) is 0 Å². The third-order valence-corrected chi connectivity index (χ3v) is 4.47. The molecule has 1 saturated carbocycles. The van der Waals surface area contributed by atoms with Crippen molar-refractivity contribution in [1.29, 1.82) is 0 Å². The number of phenolic OH excluding ortho intramolecular Hbond substituents is 1. The van der Waals surface area contributed by atoms with E-state index in [1.807, 2.05) is 6.92 Å². The maximum Gasteiger partial charge on any atom is 0.304 e. The van der Waals surface area contributed by atoms with Crippen molar-refractivity contribution in [2.75, 3.05) is 7.11 Å². The van der Waals surface area contributed by atoms with Gasteiger partial charge in [0.1, 0.15) is 0 Å². The van der Waals surface area contributed by atoms with Gasteiger partial charge in [-0.3, -0.25) is 4.79 Å². The van der Waals surface area contributed by atoms with Crippen LogP contribution >= 0.6 is 11.6 Å². The zero-order valence-electron chi connectivity index (χ0n) is 11.2. The number of methoxy groups -OCH3 is 1. The molecule has 0 unspecified atom stereocenters. The molecule has 1 aliphatic carbocycles. The fourth-order valence-corrected chi connectivity index (χ4v) is 2.99. The number of carbonyl (C=O) groups is 1.